The molecule has 2 aromatic carbocycles. The summed E-state index contributed by atoms with van der Waals surface area (Å²) in [5.74, 6) is 1.51. The number of amides is 1. The predicted octanol–water partition coefficient (Wildman–Crippen LogP) is 5.51. The minimum absolute atomic E-state index is 0.144. The van der Waals surface area contributed by atoms with Gasteiger partial charge in [-0.25, -0.2) is 4.98 Å². The Hall–Kier alpha value is -3.17. The first kappa shape index (κ1) is 23.0. The molecule has 2 heterocycles. The molecule has 0 bridgehead atoms. The Labute approximate surface area is 200 Å². The quantitative estimate of drug-likeness (QED) is 0.239. The highest BCUT2D eigenvalue weighted by Crippen LogP contribution is 2.27. The first-order chi connectivity index (χ1) is 16.1. The minimum atomic E-state index is -0.309. The predicted molar refractivity (Wildman–Crippen MR) is 134 cm³/mol. The Kier molecular flexibility index (Phi) is 7.41. The van der Waals surface area contributed by atoms with E-state index in [1.807, 2.05) is 47.9 Å². The number of aromatic nitrogens is 4. The molecule has 0 fully saturated rings. The van der Waals surface area contributed by atoms with Crippen LogP contribution in [0.15, 0.2) is 66.3 Å². The summed E-state index contributed by atoms with van der Waals surface area (Å²) in [6, 6.07) is 15.8. The number of carbonyl (C=O) groups excluding carboxylic acids is 1. The molecule has 170 valence electrons. The van der Waals surface area contributed by atoms with Gasteiger partial charge in [0.15, 0.2) is 22.2 Å². The SMILES string of the molecule is C=CCn1c(SCC(=O)Nc2nc3ccccc3s2)nnc1C(C)Oc1ccc(CC)cc1. The number of hydrogen-bond donors (Lipinski definition) is 1. The van der Waals surface area contributed by atoms with Crippen LogP contribution in [0.3, 0.4) is 0 Å². The standard InChI is InChI=1S/C24H25N5O2S2/c1-4-14-29-22(16(3)31-18-12-10-17(5-2)11-13-18)27-28-24(29)32-15-21(30)26-23-25-19-8-6-7-9-20(19)33-23/h4,6-13,16H,1,5,14-15H2,2-3H3,(H,25,26,30). The van der Waals surface area contributed by atoms with Gasteiger partial charge in [0.1, 0.15) is 5.75 Å². The Balaban J connectivity index is 1.40. The number of rotatable bonds is 10. The molecule has 7 nitrogen and oxygen atoms in total. The van der Waals surface area contributed by atoms with Crippen LogP contribution >= 0.6 is 23.1 Å². The van der Waals surface area contributed by atoms with Crippen molar-refractivity contribution in [1.82, 2.24) is 19.7 Å². The van der Waals surface area contributed by atoms with Crippen molar-refractivity contribution in [3.8, 4) is 5.75 Å². The molecule has 0 aliphatic heterocycles. The summed E-state index contributed by atoms with van der Waals surface area (Å²) in [7, 11) is 0. The van der Waals surface area contributed by atoms with E-state index in [1.165, 1.54) is 28.7 Å². The van der Waals surface area contributed by atoms with Gasteiger partial charge in [-0.1, -0.05) is 60.4 Å². The topological polar surface area (TPSA) is 81.9 Å². The summed E-state index contributed by atoms with van der Waals surface area (Å²) in [6.45, 7) is 8.42. The molecule has 2 aromatic heterocycles. The molecule has 0 saturated heterocycles. The van der Waals surface area contributed by atoms with Gasteiger partial charge in [-0.3, -0.25) is 9.36 Å². The lowest BCUT2D eigenvalue weighted by atomic mass is 10.2. The molecular formula is C24H25N5O2S2. The Morgan fingerprint density at radius 2 is 2.03 bits per heavy atom. The average Bonchev–Trinajstić information content (AvgIpc) is 3.41. The molecule has 1 N–H and O–H groups in total. The number of thioether (sulfide) groups is 1. The summed E-state index contributed by atoms with van der Waals surface area (Å²) in [5, 5.41) is 12.7. The van der Waals surface area contributed by atoms with E-state index in [0.29, 0.717) is 22.7 Å². The number of benzene rings is 2. The highest BCUT2D eigenvalue weighted by molar-refractivity contribution is 7.99. The Morgan fingerprint density at radius 3 is 2.76 bits per heavy atom. The normalized spacial score (nSPS) is 11.9. The van der Waals surface area contributed by atoms with Crippen molar-refractivity contribution in [2.24, 2.45) is 0 Å². The molecular weight excluding hydrogens is 454 g/mol. The molecule has 9 heteroatoms. The molecule has 1 unspecified atom stereocenters. The number of thiazole rings is 1. The van der Waals surface area contributed by atoms with Crippen LogP contribution in [0, 0.1) is 0 Å². The molecule has 33 heavy (non-hydrogen) atoms. The van der Waals surface area contributed by atoms with Crippen LogP contribution in [-0.2, 0) is 17.8 Å². The lowest BCUT2D eigenvalue weighted by molar-refractivity contribution is -0.113. The van der Waals surface area contributed by atoms with Crippen molar-refractivity contribution in [3.05, 3.63) is 72.6 Å². The van der Waals surface area contributed by atoms with Crippen molar-refractivity contribution in [2.75, 3.05) is 11.1 Å². The van der Waals surface area contributed by atoms with E-state index >= 15 is 0 Å². The largest absolute Gasteiger partial charge is 0.483 e. The number of nitrogens with zero attached hydrogens (tertiary/aromatic N) is 4. The van der Waals surface area contributed by atoms with E-state index in [0.717, 1.165) is 22.4 Å². The molecule has 4 aromatic rings. The van der Waals surface area contributed by atoms with Gasteiger partial charge in [0, 0.05) is 6.54 Å². The van der Waals surface area contributed by atoms with Crippen LogP contribution in [0.5, 0.6) is 5.75 Å². The molecule has 0 spiro atoms. The maximum atomic E-state index is 12.5. The van der Waals surface area contributed by atoms with Crippen LogP contribution in [-0.4, -0.2) is 31.4 Å². The maximum Gasteiger partial charge on any atom is 0.236 e. The van der Waals surface area contributed by atoms with E-state index in [2.05, 4.69) is 46.1 Å². The van der Waals surface area contributed by atoms with Crippen molar-refractivity contribution < 1.29 is 9.53 Å². The van der Waals surface area contributed by atoms with Crippen molar-refractivity contribution in [1.29, 1.82) is 0 Å². The number of ether oxygens (including phenoxy) is 1. The number of hydrogen-bond acceptors (Lipinski definition) is 7. The van der Waals surface area contributed by atoms with Crippen LogP contribution < -0.4 is 10.1 Å². The summed E-state index contributed by atoms with van der Waals surface area (Å²) in [5.41, 5.74) is 2.13. The third-order valence-corrected chi connectivity index (χ3v) is 6.86. The number of carbonyl (C=O) groups is 1. The number of para-hydroxylation sites is 1. The van der Waals surface area contributed by atoms with Crippen LogP contribution in [0.25, 0.3) is 10.2 Å². The Morgan fingerprint density at radius 1 is 1.24 bits per heavy atom. The van der Waals surface area contributed by atoms with Gasteiger partial charge in [-0.2, -0.15) is 0 Å². The summed E-state index contributed by atoms with van der Waals surface area (Å²) < 4.78 is 9.04. The second-order valence-corrected chi connectivity index (χ2v) is 9.29. The second kappa shape index (κ2) is 10.6. The monoisotopic (exact) mass is 479 g/mol. The Bertz CT molecular complexity index is 1220. The molecule has 4 rings (SSSR count). The van der Waals surface area contributed by atoms with E-state index < -0.39 is 0 Å². The lowest BCUT2D eigenvalue weighted by Crippen LogP contribution is -2.15. The summed E-state index contributed by atoms with van der Waals surface area (Å²) in [6.07, 6.45) is 2.45. The van der Waals surface area contributed by atoms with E-state index in [9.17, 15) is 4.79 Å². The van der Waals surface area contributed by atoms with Gasteiger partial charge >= 0.3 is 0 Å². The zero-order chi connectivity index (χ0) is 23.2. The van der Waals surface area contributed by atoms with Crippen LogP contribution in [0.1, 0.15) is 31.3 Å². The van der Waals surface area contributed by atoms with Gasteiger partial charge in [0.25, 0.3) is 0 Å². The van der Waals surface area contributed by atoms with Crippen LogP contribution in [0.4, 0.5) is 5.13 Å². The first-order valence-electron chi connectivity index (χ1n) is 10.6. The third kappa shape index (κ3) is 5.61. The fourth-order valence-corrected chi connectivity index (χ4v) is 4.92. The second-order valence-electron chi connectivity index (χ2n) is 7.32. The van der Waals surface area contributed by atoms with Crippen molar-refractivity contribution in [2.45, 2.75) is 38.1 Å². The maximum absolute atomic E-state index is 12.5. The molecule has 0 saturated carbocycles. The summed E-state index contributed by atoms with van der Waals surface area (Å²) >= 11 is 2.78. The fraction of sp³-hybridized carbons (Fsp3) is 0.250. The number of anilines is 1. The first-order valence-corrected chi connectivity index (χ1v) is 12.5. The molecule has 0 aliphatic rings. The number of aryl methyl sites for hydroxylation is 1. The van der Waals surface area contributed by atoms with E-state index in [1.54, 1.807) is 6.08 Å². The molecule has 0 aliphatic carbocycles. The minimum Gasteiger partial charge on any atom is -0.483 e. The average molecular weight is 480 g/mol. The highest BCUT2D eigenvalue weighted by Gasteiger charge is 2.20. The van der Waals surface area contributed by atoms with Gasteiger partial charge in [-0.15, -0.1) is 16.8 Å². The van der Waals surface area contributed by atoms with E-state index in [-0.39, 0.29) is 17.8 Å². The fourth-order valence-electron chi connectivity index (χ4n) is 3.28. The number of nitrogens with one attached hydrogen (secondary N) is 1. The lowest BCUT2D eigenvalue weighted by Gasteiger charge is -2.16. The van der Waals surface area contributed by atoms with E-state index in [4.69, 9.17) is 4.74 Å². The number of allylic oxidation sites excluding steroid dienone is 1. The van der Waals surface area contributed by atoms with Gasteiger partial charge < -0.3 is 10.1 Å². The molecule has 0 radical (unpaired) electrons. The van der Waals surface area contributed by atoms with Crippen molar-refractivity contribution >= 4 is 44.4 Å². The van der Waals surface area contributed by atoms with Gasteiger partial charge in [0.2, 0.25) is 5.91 Å². The van der Waals surface area contributed by atoms with Gasteiger partial charge in [0.05, 0.1) is 16.0 Å². The number of fused-ring (bicyclic) bond motifs is 1. The van der Waals surface area contributed by atoms with Gasteiger partial charge in [-0.05, 0) is 43.2 Å². The van der Waals surface area contributed by atoms with Crippen molar-refractivity contribution in [3.63, 3.8) is 0 Å². The zero-order valence-electron chi connectivity index (χ0n) is 18.5. The van der Waals surface area contributed by atoms with Crippen LogP contribution in [0.2, 0.25) is 0 Å². The molecule has 1 atom stereocenters. The zero-order valence-corrected chi connectivity index (χ0v) is 20.2. The smallest absolute Gasteiger partial charge is 0.236 e. The third-order valence-electron chi connectivity index (χ3n) is 4.94. The molecule has 1 amide bonds. The highest BCUT2D eigenvalue weighted by atomic mass is 32.2. The summed E-state index contributed by atoms with van der Waals surface area (Å²) in [4.78, 5) is 16.9.